The molecule has 2 nitrogen and oxygen atoms in total. The number of hydrogen-bond acceptors (Lipinski definition) is 2. The SMILES string of the molecule is O/N=C/c1cc(Br)cc(C(F)(F)F)c1F. The van der Waals surface area contributed by atoms with Crippen molar-refractivity contribution in [3.63, 3.8) is 0 Å². The number of hydrogen-bond donors (Lipinski definition) is 1. The summed E-state index contributed by atoms with van der Waals surface area (Å²) in [6, 6.07) is 1.69. The fourth-order valence-electron chi connectivity index (χ4n) is 0.973. The minimum absolute atomic E-state index is 0.0473. The minimum Gasteiger partial charge on any atom is -0.411 e. The average molecular weight is 286 g/mol. The molecule has 1 aromatic rings. The first-order valence-electron chi connectivity index (χ1n) is 3.60. The number of nitrogens with zero attached hydrogens (tertiary/aromatic N) is 1. The minimum atomic E-state index is -4.79. The number of halogens is 5. The van der Waals surface area contributed by atoms with Gasteiger partial charge in [0.25, 0.3) is 0 Å². The van der Waals surface area contributed by atoms with Crippen molar-refractivity contribution in [3.05, 3.63) is 33.5 Å². The molecule has 0 amide bonds. The molecule has 0 aliphatic rings. The summed E-state index contributed by atoms with van der Waals surface area (Å²) in [6.07, 6.45) is -4.19. The zero-order valence-electron chi connectivity index (χ0n) is 7.02. The quantitative estimate of drug-likeness (QED) is 0.365. The molecule has 0 spiro atoms. The Kier molecular flexibility index (Phi) is 3.33. The molecule has 0 saturated heterocycles. The van der Waals surface area contributed by atoms with Crippen LogP contribution in [0.2, 0.25) is 0 Å². The Morgan fingerprint density at radius 2 is 1.93 bits per heavy atom. The Morgan fingerprint density at radius 3 is 2.40 bits per heavy atom. The van der Waals surface area contributed by atoms with Crippen molar-refractivity contribution in [2.45, 2.75) is 6.18 Å². The second-order valence-electron chi connectivity index (χ2n) is 2.60. The molecule has 0 bridgehead atoms. The van der Waals surface area contributed by atoms with Gasteiger partial charge in [-0.15, -0.1) is 0 Å². The summed E-state index contributed by atoms with van der Waals surface area (Å²) in [5.41, 5.74) is -1.86. The molecule has 0 fully saturated rings. The van der Waals surface area contributed by atoms with Gasteiger partial charge in [-0.3, -0.25) is 0 Å². The molecular formula is C8H4BrF4NO. The van der Waals surface area contributed by atoms with Gasteiger partial charge in [-0.1, -0.05) is 21.1 Å². The van der Waals surface area contributed by atoms with Gasteiger partial charge in [-0.25, -0.2) is 4.39 Å². The van der Waals surface area contributed by atoms with Gasteiger partial charge in [-0.2, -0.15) is 13.2 Å². The van der Waals surface area contributed by atoms with Crippen molar-refractivity contribution in [2.24, 2.45) is 5.16 Å². The first-order valence-corrected chi connectivity index (χ1v) is 4.39. The maximum absolute atomic E-state index is 13.2. The normalized spacial score (nSPS) is 12.3. The standard InChI is InChI=1S/C8H4BrF4NO/c9-5-1-4(3-14-15)7(10)6(2-5)8(11,12)13/h1-3,15H/b14-3+. The Morgan fingerprint density at radius 1 is 1.33 bits per heavy atom. The van der Waals surface area contributed by atoms with Crippen LogP contribution < -0.4 is 0 Å². The van der Waals surface area contributed by atoms with Gasteiger partial charge in [0.15, 0.2) is 0 Å². The third-order valence-electron chi connectivity index (χ3n) is 1.57. The van der Waals surface area contributed by atoms with Crippen molar-refractivity contribution in [1.29, 1.82) is 0 Å². The van der Waals surface area contributed by atoms with Crippen molar-refractivity contribution >= 4 is 22.1 Å². The Bertz CT molecular complexity index is 402. The van der Waals surface area contributed by atoms with E-state index in [9.17, 15) is 17.6 Å². The highest BCUT2D eigenvalue weighted by atomic mass is 79.9. The number of rotatable bonds is 1. The Labute approximate surface area is 90.3 Å². The molecule has 0 aliphatic heterocycles. The van der Waals surface area contributed by atoms with Crippen LogP contribution in [0, 0.1) is 5.82 Å². The van der Waals surface area contributed by atoms with E-state index in [1.54, 1.807) is 0 Å². The highest BCUT2D eigenvalue weighted by Crippen LogP contribution is 2.34. The first kappa shape index (κ1) is 12.0. The van der Waals surface area contributed by atoms with Gasteiger partial charge in [0.1, 0.15) is 5.82 Å². The van der Waals surface area contributed by atoms with Crippen molar-refractivity contribution in [3.8, 4) is 0 Å². The van der Waals surface area contributed by atoms with Crippen LogP contribution in [-0.2, 0) is 6.18 Å². The van der Waals surface area contributed by atoms with Crippen LogP contribution in [0.4, 0.5) is 17.6 Å². The molecule has 15 heavy (non-hydrogen) atoms. The Hall–Kier alpha value is -1.11. The van der Waals surface area contributed by atoms with Gasteiger partial charge < -0.3 is 5.21 Å². The van der Waals surface area contributed by atoms with Gasteiger partial charge in [0.05, 0.1) is 11.8 Å². The van der Waals surface area contributed by atoms with E-state index in [2.05, 4.69) is 21.1 Å². The summed E-state index contributed by atoms with van der Waals surface area (Å²) in [7, 11) is 0. The Balaban J connectivity index is 3.41. The van der Waals surface area contributed by atoms with Gasteiger partial charge >= 0.3 is 6.18 Å². The van der Waals surface area contributed by atoms with Crippen LogP contribution in [0.25, 0.3) is 0 Å². The molecule has 0 atom stereocenters. The van der Waals surface area contributed by atoms with Crippen molar-refractivity contribution in [2.75, 3.05) is 0 Å². The first-order chi connectivity index (χ1) is 6.86. The van der Waals surface area contributed by atoms with Crippen LogP contribution in [0.5, 0.6) is 0 Å². The van der Waals surface area contributed by atoms with E-state index in [-0.39, 0.29) is 4.47 Å². The highest BCUT2D eigenvalue weighted by molar-refractivity contribution is 9.10. The van der Waals surface area contributed by atoms with E-state index in [1.807, 2.05) is 0 Å². The van der Waals surface area contributed by atoms with Crippen LogP contribution >= 0.6 is 15.9 Å². The summed E-state index contributed by atoms with van der Waals surface area (Å²) in [5, 5.41) is 10.6. The zero-order chi connectivity index (χ0) is 11.6. The maximum atomic E-state index is 13.2. The molecule has 0 radical (unpaired) electrons. The van der Waals surface area contributed by atoms with Crippen molar-refractivity contribution in [1.82, 2.24) is 0 Å². The van der Waals surface area contributed by atoms with E-state index in [1.165, 1.54) is 0 Å². The van der Waals surface area contributed by atoms with E-state index < -0.39 is 23.1 Å². The lowest BCUT2D eigenvalue weighted by Crippen LogP contribution is -2.10. The van der Waals surface area contributed by atoms with E-state index >= 15 is 0 Å². The lowest BCUT2D eigenvalue weighted by molar-refractivity contribution is -0.140. The molecule has 0 unspecified atom stereocenters. The summed E-state index contributed by atoms with van der Waals surface area (Å²) in [5.74, 6) is -1.47. The smallest absolute Gasteiger partial charge is 0.411 e. The lowest BCUT2D eigenvalue weighted by atomic mass is 10.1. The molecule has 0 heterocycles. The predicted octanol–water partition coefficient (Wildman–Crippen LogP) is 3.42. The second kappa shape index (κ2) is 4.18. The largest absolute Gasteiger partial charge is 0.419 e. The van der Waals surface area contributed by atoms with Crippen molar-refractivity contribution < 1.29 is 22.8 Å². The predicted molar refractivity (Wildman–Crippen MR) is 48.5 cm³/mol. The molecule has 1 rings (SSSR count). The fourth-order valence-corrected chi connectivity index (χ4v) is 1.45. The van der Waals surface area contributed by atoms with E-state index in [4.69, 9.17) is 5.21 Å². The number of oxime groups is 1. The van der Waals surface area contributed by atoms with Crippen LogP contribution in [0.3, 0.4) is 0 Å². The summed E-state index contributed by atoms with van der Waals surface area (Å²) < 4.78 is 50.1. The summed E-state index contributed by atoms with van der Waals surface area (Å²) in [6.45, 7) is 0. The molecule has 0 aliphatic carbocycles. The number of alkyl halides is 3. The molecule has 0 saturated carbocycles. The van der Waals surface area contributed by atoms with Crippen LogP contribution in [0.1, 0.15) is 11.1 Å². The zero-order valence-corrected chi connectivity index (χ0v) is 8.60. The van der Waals surface area contributed by atoms with Gasteiger partial charge in [0, 0.05) is 10.0 Å². The lowest BCUT2D eigenvalue weighted by Gasteiger charge is -2.09. The highest BCUT2D eigenvalue weighted by Gasteiger charge is 2.35. The molecule has 1 aromatic carbocycles. The third kappa shape index (κ3) is 2.68. The van der Waals surface area contributed by atoms with Crippen LogP contribution in [0.15, 0.2) is 21.8 Å². The third-order valence-corrected chi connectivity index (χ3v) is 2.03. The second-order valence-corrected chi connectivity index (χ2v) is 3.51. The molecule has 82 valence electrons. The van der Waals surface area contributed by atoms with Gasteiger partial charge in [0.2, 0.25) is 0 Å². The monoisotopic (exact) mass is 285 g/mol. The van der Waals surface area contributed by atoms with Crippen LogP contribution in [-0.4, -0.2) is 11.4 Å². The maximum Gasteiger partial charge on any atom is 0.419 e. The van der Waals surface area contributed by atoms with E-state index in [0.717, 1.165) is 6.07 Å². The van der Waals surface area contributed by atoms with Gasteiger partial charge in [-0.05, 0) is 12.1 Å². The molecule has 1 N–H and O–H groups in total. The van der Waals surface area contributed by atoms with E-state index in [0.29, 0.717) is 12.3 Å². The number of benzene rings is 1. The molecule has 0 aromatic heterocycles. The topological polar surface area (TPSA) is 32.6 Å². The average Bonchev–Trinajstić information content (AvgIpc) is 2.09. The molecular weight excluding hydrogens is 282 g/mol. The summed E-state index contributed by atoms with van der Waals surface area (Å²) in [4.78, 5) is 0. The summed E-state index contributed by atoms with van der Waals surface area (Å²) >= 11 is 2.80. The molecule has 7 heteroatoms. The fraction of sp³-hybridized carbons (Fsp3) is 0.125.